The fourth-order valence-corrected chi connectivity index (χ4v) is 4.63. The third-order valence-corrected chi connectivity index (χ3v) is 7.24. The van der Waals surface area contributed by atoms with Crippen molar-refractivity contribution in [3.63, 3.8) is 0 Å². The lowest BCUT2D eigenvalue weighted by Crippen LogP contribution is -2.34. The Hall–Kier alpha value is -0.680. The molecule has 4 atom stereocenters. The second kappa shape index (κ2) is 5.51. The van der Waals surface area contributed by atoms with Crippen LogP contribution in [0.25, 0.3) is 0 Å². The number of halogens is 2. The van der Waals surface area contributed by atoms with Crippen LogP contribution >= 0.6 is 31.9 Å². The first-order valence-corrected chi connectivity index (χ1v) is 8.96. The number of alkyl halides is 2. The molecule has 0 spiro atoms. The van der Waals surface area contributed by atoms with Gasteiger partial charge in [-0.25, -0.2) is 4.90 Å². The lowest BCUT2D eigenvalue weighted by molar-refractivity contribution is -0.122. The Bertz CT molecular complexity index is 588. The van der Waals surface area contributed by atoms with E-state index in [-0.39, 0.29) is 33.3 Å². The summed E-state index contributed by atoms with van der Waals surface area (Å²) in [7, 11) is 0. The molecule has 3 rings (SSSR count). The molecule has 1 heterocycles. The monoisotopic (exact) mass is 413 g/mol. The van der Waals surface area contributed by atoms with E-state index >= 15 is 0 Å². The summed E-state index contributed by atoms with van der Waals surface area (Å²) >= 11 is 7.22. The first kappa shape index (κ1) is 15.2. The molecule has 5 heteroatoms. The van der Waals surface area contributed by atoms with Gasteiger partial charge >= 0.3 is 0 Å². The number of imide groups is 1. The standard InChI is InChI=1S/C16H17Br2NO2/c1-8-3-4-14(9(2)5-8)19-15(20)10-6-12(17)13(18)7-11(10)16(19)21/h3-5,10-13H,6-7H2,1-2H3/t10-,11+,12-,13-/m1/s1. The quantitative estimate of drug-likeness (QED) is 0.518. The molecule has 1 saturated heterocycles. The third-order valence-electron chi connectivity index (χ3n) is 4.50. The van der Waals surface area contributed by atoms with Gasteiger partial charge in [-0.05, 0) is 38.3 Å². The second-order valence-corrected chi connectivity index (χ2v) is 8.37. The highest BCUT2D eigenvalue weighted by molar-refractivity contribution is 9.12. The molecule has 0 bridgehead atoms. The predicted octanol–water partition coefficient (Wildman–Crippen LogP) is 3.73. The number of aryl methyl sites for hydroxylation is 2. The molecule has 1 aromatic rings. The lowest BCUT2D eigenvalue weighted by Gasteiger charge is -2.29. The van der Waals surface area contributed by atoms with Gasteiger partial charge in [0.05, 0.1) is 17.5 Å². The van der Waals surface area contributed by atoms with Crippen LogP contribution in [-0.2, 0) is 9.59 Å². The van der Waals surface area contributed by atoms with Crippen LogP contribution in [-0.4, -0.2) is 21.5 Å². The summed E-state index contributed by atoms with van der Waals surface area (Å²) in [6, 6.07) is 5.85. The number of carbonyl (C=O) groups excluding carboxylic acids is 2. The minimum atomic E-state index is -0.184. The van der Waals surface area contributed by atoms with Gasteiger partial charge in [-0.3, -0.25) is 9.59 Å². The number of hydrogen-bond acceptors (Lipinski definition) is 2. The van der Waals surface area contributed by atoms with Crippen molar-refractivity contribution in [1.82, 2.24) is 0 Å². The predicted molar refractivity (Wildman–Crippen MR) is 90.1 cm³/mol. The van der Waals surface area contributed by atoms with Gasteiger partial charge in [-0.2, -0.15) is 0 Å². The van der Waals surface area contributed by atoms with Gasteiger partial charge < -0.3 is 0 Å². The Labute approximate surface area is 141 Å². The maximum absolute atomic E-state index is 12.7. The number of hydrogen-bond donors (Lipinski definition) is 0. The van der Waals surface area contributed by atoms with Crippen LogP contribution in [0.5, 0.6) is 0 Å². The molecule has 2 amide bonds. The average Bonchev–Trinajstić information content (AvgIpc) is 2.64. The van der Waals surface area contributed by atoms with Crippen LogP contribution in [0.1, 0.15) is 24.0 Å². The van der Waals surface area contributed by atoms with E-state index < -0.39 is 0 Å². The van der Waals surface area contributed by atoms with Crippen LogP contribution in [0.15, 0.2) is 18.2 Å². The fraction of sp³-hybridized carbons (Fsp3) is 0.500. The van der Waals surface area contributed by atoms with E-state index in [0.717, 1.165) is 16.8 Å². The molecule has 0 N–H and O–H groups in total. The summed E-state index contributed by atoms with van der Waals surface area (Å²) in [6.07, 6.45) is 1.43. The molecule has 2 fully saturated rings. The van der Waals surface area contributed by atoms with Gasteiger partial charge in [0.25, 0.3) is 0 Å². The topological polar surface area (TPSA) is 37.4 Å². The summed E-state index contributed by atoms with van der Waals surface area (Å²) in [6.45, 7) is 3.96. The summed E-state index contributed by atoms with van der Waals surface area (Å²) < 4.78 is 0. The van der Waals surface area contributed by atoms with Crippen LogP contribution in [0.4, 0.5) is 5.69 Å². The normalized spacial score (nSPS) is 32.5. The van der Waals surface area contributed by atoms with Crippen LogP contribution in [0.2, 0.25) is 0 Å². The molecule has 0 radical (unpaired) electrons. The number of carbonyl (C=O) groups is 2. The first-order chi connectivity index (χ1) is 9.90. The van der Waals surface area contributed by atoms with Gasteiger partial charge in [0.2, 0.25) is 11.8 Å². The first-order valence-electron chi connectivity index (χ1n) is 7.13. The van der Waals surface area contributed by atoms with E-state index in [9.17, 15) is 9.59 Å². The number of benzene rings is 1. The molecule has 2 aliphatic rings. The highest BCUT2D eigenvalue weighted by atomic mass is 79.9. The van der Waals surface area contributed by atoms with E-state index in [4.69, 9.17) is 0 Å². The molecule has 1 aliphatic carbocycles. The Balaban J connectivity index is 1.97. The molecule has 1 aliphatic heterocycles. The van der Waals surface area contributed by atoms with Crippen molar-refractivity contribution in [1.29, 1.82) is 0 Å². The number of anilines is 1. The van der Waals surface area contributed by atoms with Gasteiger partial charge in [-0.15, -0.1) is 0 Å². The fourth-order valence-electron chi connectivity index (χ4n) is 3.39. The average molecular weight is 415 g/mol. The van der Waals surface area contributed by atoms with Crippen LogP contribution in [0.3, 0.4) is 0 Å². The Morgan fingerprint density at radius 3 is 2.00 bits per heavy atom. The number of amides is 2. The number of fused-ring (bicyclic) bond motifs is 1. The van der Waals surface area contributed by atoms with Crippen LogP contribution < -0.4 is 4.90 Å². The van der Waals surface area contributed by atoms with Crippen molar-refractivity contribution in [3.8, 4) is 0 Å². The molecule has 1 saturated carbocycles. The number of nitrogens with zero attached hydrogens (tertiary/aromatic N) is 1. The highest BCUT2D eigenvalue weighted by Gasteiger charge is 2.52. The van der Waals surface area contributed by atoms with Crippen molar-refractivity contribution >= 4 is 49.4 Å². The highest BCUT2D eigenvalue weighted by Crippen LogP contribution is 2.44. The molecule has 0 unspecified atom stereocenters. The van der Waals surface area contributed by atoms with Crippen molar-refractivity contribution in [2.45, 2.75) is 36.3 Å². The minimum Gasteiger partial charge on any atom is -0.274 e. The van der Waals surface area contributed by atoms with E-state index in [1.807, 2.05) is 32.0 Å². The third kappa shape index (κ3) is 2.48. The summed E-state index contributed by atoms with van der Waals surface area (Å²) in [5.41, 5.74) is 2.84. The Kier molecular flexibility index (Phi) is 3.99. The zero-order chi connectivity index (χ0) is 15.3. The zero-order valence-electron chi connectivity index (χ0n) is 12.0. The van der Waals surface area contributed by atoms with E-state index in [0.29, 0.717) is 12.8 Å². The Morgan fingerprint density at radius 2 is 1.52 bits per heavy atom. The lowest BCUT2D eigenvalue weighted by atomic mass is 9.81. The molecule has 21 heavy (non-hydrogen) atoms. The van der Waals surface area contributed by atoms with Crippen molar-refractivity contribution in [3.05, 3.63) is 29.3 Å². The number of rotatable bonds is 1. The van der Waals surface area contributed by atoms with Crippen molar-refractivity contribution in [2.24, 2.45) is 11.8 Å². The smallest absolute Gasteiger partial charge is 0.237 e. The van der Waals surface area contributed by atoms with Gasteiger partial charge in [0, 0.05) is 9.65 Å². The molecular formula is C16H17Br2NO2. The van der Waals surface area contributed by atoms with Gasteiger partial charge in [-0.1, -0.05) is 49.6 Å². The van der Waals surface area contributed by atoms with E-state index in [1.165, 1.54) is 4.90 Å². The molecule has 112 valence electrons. The second-order valence-electron chi connectivity index (χ2n) is 6.02. The largest absolute Gasteiger partial charge is 0.274 e. The van der Waals surface area contributed by atoms with Crippen LogP contribution in [0, 0.1) is 25.7 Å². The zero-order valence-corrected chi connectivity index (χ0v) is 15.1. The van der Waals surface area contributed by atoms with Gasteiger partial charge in [0.15, 0.2) is 0 Å². The maximum Gasteiger partial charge on any atom is 0.237 e. The van der Waals surface area contributed by atoms with E-state index in [2.05, 4.69) is 31.9 Å². The minimum absolute atomic E-state index is 0.0409. The summed E-state index contributed by atoms with van der Waals surface area (Å²) in [4.78, 5) is 27.3. The SMILES string of the molecule is Cc1ccc(N2C(=O)[C@H]3C[C@@H](Br)[C@H](Br)C[C@H]3C2=O)c(C)c1. The van der Waals surface area contributed by atoms with Crippen molar-refractivity contribution < 1.29 is 9.59 Å². The molecule has 3 nitrogen and oxygen atoms in total. The maximum atomic E-state index is 12.7. The van der Waals surface area contributed by atoms with E-state index in [1.54, 1.807) is 0 Å². The van der Waals surface area contributed by atoms with Crippen molar-refractivity contribution in [2.75, 3.05) is 4.90 Å². The molecule has 1 aromatic carbocycles. The Morgan fingerprint density at radius 1 is 1.00 bits per heavy atom. The van der Waals surface area contributed by atoms with Gasteiger partial charge in [0.1, 0.15) is 0 Å². The summed E-state index contributed by atoms with van der Waals surface area (Å²) in [5, 5.41) is 0. The summed E-state index contributed by atoms with van der Waals surface area (Å²) in [5.74, 6) is -0.450. The molecule has 0 aromatic heterocycles. The molecular weight excluding hydrogens is 398 g/mol.